The number of aromatic amines is 1. The summed E-state index contributed by atoms with van der Waals surface area (Å²) in [7, 11) is 1.42. The molecule has 0 saturated carbocycles. The number of hydrogen-bond donors (Lipinski definition) is 1. The summed E-state index contributed by atoms with van der Waals surface area (Å²) in [4.78, 5) is 30.0. The van der Waals surface area contributed by atoms with Gasteiger partial charge >= 0.3 is 5.97 Å². The van der Waals surface area contributed by atoms with E-state index in [4.69, 9.17) is 4.74 Å². The summed E-state index contributed by atoms with van der Waals surface area (Å²) >= 11 is 0. The highest BCUT2D eigenvalue weighted by Crippen LogP contribution is 2.45. The van der Waals surface area contributed by atoms with Crippen LogP contribution in [0.5, 0.6) is 0 Å². The van der Waals surface area contributed by atoms with Crippen molar-refractivity contribution in [1.29, 1.82) is 0 Å². The molecule has 5 nitrogen and oxygen atoms in total. The largest absolute Gasteiger partial charge is 0.469 e. The number of fused-ring (bicyclic) bond motifs is 2. The lowest BCUT2D eigenvalue weighted by Crippen LogP contribution is -2.53. The minimum Gasteiger partial charge on any atom is -0.469 e. The summed E-state index contributed by atoms with van der Waals surface area (Å²) in [5.41, 5.74) is 3.66. The number of benzene rings is 1. The van der Waals surface area contributed by atoms with Gasteiger partial charge in [-0.15, -0.1) is 0 Å². The number of nitrogens with zero attached hydrogens (tertiary/aromatic N) is 1. The molecule has 1 N–H and O–H groups in total. The highest BCUT2D eigenvalue weighted by Gasteiger charge is 2.44. The molecule has 1 amide bonds. The molecule has 3 atom stereocenters. The number of rotatable bonds is 2. The number of nitrogens with one attached hydrogen (secondary N) is 1. The summed E-state index contributed by atoms with van der Waals surface area (Å²) in [6.45, 7) is 2.35. The van der Waals surface area contributed by atoms with Crippen molar-refractivity contribution in [3.63, 3.8) is 0 Å². The molecular formula is C19H22N2O3. The van der Waals surface area contributed by atoms with Crippen LogP contribution in [0.2, 0.25) is 0 Å². The first kappa shape index (κ1) is 15.2. The van der Waals surface area contributed by atoms with Gasteiger partial charge in [0.15, 0.2) is 0 Å². The van der Waals surface area contributed by atoms with Crippen LogP contribution in [-0.4, -0.2) is 41.5 Å². The van der Waals surface area contributed by atoms with Crippen LogP contribution >= 0.6 is 0 Å². The van der Waals surface area contributed by atoms with E-state index < -0.39 is 0 Å². The zero-order valence-electron chi connectivity index (χ0n) is 14.0. The van der Waals surface area contributed by atoms with E-state index in [2.05, 4.69) is 23.3 Å². The van der Waals surface area contributed by atoms with Crippen LogP contribution in [0.3, 0.4) is 0 Å². The molecule has 1 unspecified atom stereocenters. The Balaban J connectivity index is 1.81. The molecule has 126 valence electrons. The molecule has 1 aliphatic heterocycles. The number of piperidine rings is 1. The fourth-order valence-electron chi connectivity index (χ4n) is 4.52. The second kappa shape index (κ2) is 5.65. The first-order valence-electron chi connectivity index (χ1n) is 8.60. The molecule has 2 heterocycles. The van der Waals surface area contributed by atoms with Gasteiger partial charge in [-0.1, -0.05) is 19.1 Å². The van der Waals surface area contributed by atoms with Gasteiger partial charge in [0, 0.05) is 42.0 Å². The third kappa shape index (κ3) is 2.14. The first-order chi connectivity index (χ1) is 11.6. The van der Waals surface area contributed by atoms with Gasteiger partial charge < -0.3 is 14.6 Å². The first-order valence-corrected chi connectivity index (χ1v) is 8.60. The van der Waals surface area contributed by atoms with E-state index in [9.17, 15) is 9.59 Å². The number of carbonyl (C=O) groups is 2. The number of H-pyrrole nitrogens is 1. The Morgan fingerprint density at radius 3 is 2.96 bits per heavy atom. The van der Waals surface area contributed by atoms with Gasteiger partial charge in [-0.05, 0) is 30.0 Å². The smallest absolute Gasteiger partial charge is 0.310 e. The molecule has 0 radical (unpaired) electrons. The van der Waals surface area contributed by atoms with Gasteiger partial charge in [-0.3, -0.25) is 9.59 Å². The van der Waals surface area contributed by atoms with Crippen LogP contribution < -0.4 is 0 Å². The predicted molar refractivity (Wildman–Crippen MR) is 90.7 cm³/mol. The lowest BCUT2D eigenvalue weighted by Gasteiger charge is -2.46. The second-order valence-corrected chi connectivity index (χ2v) is 6.82. The molecule has 2 aromatic rings. The summed E-state index contributed by atoms with van der Waals surface area (Å²) in [6.07, 6.45) is 4.11. The zero-order chi connectivity index (χ0) is 16.8. The van der Waals surface area contributed by atoms with Crippen LogP contribution in [-0.2, 0) is 20.7 Å². The SMILES string of the molecule is CCC(=O)N1CC(C(=O)OC)C[C@H]2c3cccc4[nH]cc(c34)C[C@@H]21. The number of amides is 1. The Kier molecular flexibility index (Phi) is 3.59. The van der Waals surface area contributed by atoms with E-state index >= 15 is 0 Å². The van der Waals surface area contributed by atoms with Crippen molar-refractivity contribution in [1.82, 2.24) is 9.88 Å². The van der Waals surface area contributed by atoms with E-state index in [1.165, 1.54) is 23.6 Å². The van der Waals surface area contributed by atoms with E-state index in [1.54, 1.807) is 0 Å². The van der Waals surface area contributed by atoms with Gasteiger partial charge in [0.1, 0.15) is 0 Å². The molecule has 0 bridgehead atoms. The standard InChI is InChI=1S/C19H22N2O3/c1-3-17(22)21-10-12(19(23)24-2)7-14-13-5-4-6-15-18(13)11(9-20-15)8-16(14)21/h4-6,9,12,14,16,20H,3,7-8,10H2,1-2H3/t12?,14-,16-/m0/s1. The van der Waals surface area contributed by atoms with Crippen molar-refractivity contribution < 1.29 is 14.3 Å². The molecule has 5 heteroatoms. The lowest BCUT2D eigenvalue weighted by atomic mass is 9.72. The maximum Gasteiger partial charge on any atom is 0.310 e. The molecule has 1 aliphatic carbocycles. The molecule has 1 aromatic carbocycles. The molecule has 1 fully saturated rings. The number of ether oxygens (including phenoxy) is 1. The summed E-state index contributed by atoms with van der Waals surface area (Å²) < 4.78 is 4.98. The van der Waals surface area contributed by atoms with Crippen LogP contribution in [0.4, 0.5) is 0 Å². The number of aromatic nitrogens is 1. The van der Waals surface area contributed by atoms with Crippen molar-refractivity contribution in [2.24, 2.45) is 5.92 Å². The van der Waals surface area contributed by atoms with Crippen molar-refractivity contribution >= 4 is 22.8 Å². The van der Waals surface area contributed by atoms with Gasteiger partial charge in [-0.25, -0.2) is 0 Å². The van der Waals surface area contributed by atoms with Gasteiger partial charge in [-0.2, -0.15) is 0 Å². The number of likely N-dealkylation sites (tertiary alicyclic amines) is 1. The minimum absolute atomic E-state index is 0.116. The second-order valence-electron chi connectivity index (χ2n) is 6.82. The zero-order valence-corrected chi connectivity index (χ0v) is 14.0. The number of carbonyl (C=O) groups excluding carboxylic acids is 2. The highest BCUT2D eigenvalue weighted by atomic mass is 16.5. The van der Waals surface area contributed by atoms with Crippen LogP contribution in [0.15, 0.2) is 24.4 Å². The monoisotopic (exact) mass is 326 g/mol. The van der Waals surface area contributed by atoms with Crippen molar-refractivity contribution in [3.8, 4) is 0 Å². The van der Waals surface area contributed by atoms with E-state index in [-0.39, 0.29) is 29.8 Å². The Bertz CT molecular complexity index is 810. The minimum atomic E-state index is -0.248. The topological polar surface area (TPSA) is 62.4 Å². The van der Waals surface area contributed by atoms with Crippen molar-refractivity contribution in [3.05, 3.63) is 35.5 Å². The predicted octanol–water partition coefficient (Wildman–Crippen LogP) is 2.61. The number of methoxy groups -OCH3 is 1. The van der Waals surface area contributed by atoms with Crippen LogP contribution in [0, 0.1) is 5.92 Å². The molecule has 1 aromatic heterocycles. The normalized spacial score (nSPS) is 25.4. The highest BCUT2D eigenvalue weighted by molar-refractivity contribution is 5.89. The molecule has 0 spiro atoms. The van der Waals surface area contributed by atoms with Gasteiger partial charge in [0.05, 0.1) is 13.0 Å². The Labute approximate surface area is 141 Å². The summed E-state index contributed by atoms with van der Waals surface area (Å²) in [5, 5.41) is 1.27. The van der Waals surface area contributed by atoms with Crippen LogP contribution in [0.25, 0.3) is 10.9 Å². The van der Waals surface area contributed by atoms with Crippen molar-refractivity contribution in [2.75, 3.05) is 13.7 Å². The molecule has 2 aliphatic rings. The molecular weight excluding hydrogens is 304 g/mol. The van der Waals surface area contributed by atoms with E-state index in [1.807, 2.05) is 17.9 Å². The maximum absolute atomic E-state index is 12.5. The number of esters is 1. The van der Waals surface area contributed by atoms with E-state index in [0.29, 0.717) is 13.0 Å². The average molecular weight is 326 g/mol. The van der Waals surface area contributed by atoms with Gasteiger partial charge in [0.25, 0.3) is 0 Å². The Hall–Kier alpha value is -2.30. The molecule has 1 saturated heterocycles. The molecule has 24 heavy (non-hydrogen) atoms. The number of hydrogen-bond acceptors (Lipinski definition) is 3. The third-order valence-electron chi connectivity index (χ3n) is 5.63. The Morgan fingerprint density at radius 2 is 2.21 bits per heavy atom. The quantitative estimate of drug-likeness (QED) is 0.863. The van der Waals surface area contributed by atoms with E-state index in [0.717, 1.165) is 18.4 Å². The lowest BCUT2D eigenvalue weighted by molar-refractivity contribution is -0.151. The van der Waals surface area contributed by atoms with Crippen molar-refractivity contribution in [2.45, 2.75) is 38.1 Å². The average Bonchev–Trinajstić information content (AvgIpc) is 3.04. The Morgan fingerprint density at radius 1 is 1.38 bits per heavy atom. The maximum atomic E-state index is 12.5. The van der Waals surface area contributed by atoms with Gasteiger partial charge in [0.2, 0.25) is 5.91 Å². The summed E-state index contributed by atoms with van der Waals surface area (Å²) in [6, 6.07) is 6.41. The third-order valence-corrected chi connectivity index (χ3v) is 5.63. The molecule has 4 rings (SSSR count). The fourth-order valence-corrected chi connectivity index (χ4v) is 4.52. The summed E-state index contributed by atoms with van der Waals surface area (Å²) in [5.74, 6) is -0.160. The fraction of sp³-hybridized carbons (Fsp3) is 0.474. The van der Waals surface area contributed by atoms with Crippen LogP contribution in [0.1, 0.15) is 36.8 Å².